The zero-order valence-corrected chi connectivity index (χ0v) is 11.7. The van der Waals surface area contributed by atoms with Crippen molar-refractivity contribution in [2.45, 2.75) is 40.2 Å². The number of halogens is 1. The molecule has 0 saturated carbocycles. The van der Waals surface area contributed by atoms with E-state index < -0.39 is 0 Å². The Morgan fingerprint density at radius 1 is 1.40 bits per heavy atom. The summed E-state index contributed by atoms with van der Waals surface area (Å²) >= 11 is 3.58. The molecule has 0 aromatic carbocycles. The lowest BCUT2D eigenvalue weighted by Gasteiger charge is -2.36. The Labute approximate surface area is 101 Å². The van der Waals surface area contributed by atoms with Crippen LogP contribution in [0, 0.1) is 6.92 Å². The van der Waals surface area contributed by atoms with Crippen LogP contribution < -0.4 is 4.90 Å². The molecule has 0 spiro atoms. The van der Waals surface area contributed by atoms with E-state index in [-0.39, 0.29) is 5.54 Å². The lowest BCUT2D eigenvalue weighted by atomic mass is 10.1. The second-order valence-corrected chi connectivity index (χ2v) is 5.59. The quantitative estimate of drug-likeness (QED) is 0.813. The van der Waals surface area contributed by atoms with Gasteiger partial charge in [0.05, 0.1) is 4.47 Å². The van der Waals surface area contributed by atoms with Gasteiger partial charge in [0.1, 0.15) is 5.82 Å². The minimum absolute atomic E-state index is 0.0968. The van der Waals surface area contributed by atoms with E-state index in [1.54, 1.807) is 0 Å². The number of aryl methyl sites for hydroxylation is 1. The Balaban J connectivity index is 3.13. The van der Waals surface area contributed by atoms with Gasteiger partial charge in [-0.25, -0.2) is 4.98 Å². The maximum absolute atomic E-state index is 4.49. The van der Waals surface area contributed by atoms with Gasteiger partial charge in [0.2, 0.25) is 0 Å². The van der Waals surface area contributed by atoms with Crippen molar-refractivity contribution in [3.8, 4) is 0 Å². The number of hydrogen-bond acceptors (Lipinski definition) is 2. The Kier molecular flexibility index (Phi) is 3.77. The minimum Gasteiger partial charge on any atom is -0.351 e. The zero-order chi connectivity index (χ0) is 11.6. The highest BCUT2D eigenvalue weighted by Gasteiger charge is 2.22. The summed E-state index contributed by atoms with van der Waals surface area (Å²) in [6, 6.07) is 2.11. The van der Waals surface area contributed by atoms with E-state index in [4.69, 9.17) is 0 Å². The van der Waals surface area contributed by atoms with Crippen LogP contribution in [0.25, 0.3) is 0 Å². The van der Waals surface area contributed by atoms with Crippen LogP contribution in [0.15, 0.2) is 16.7 Å². The van der Waals surface area contributed by atoms with Crippen molar-refractivity contribution < 1.29 is 0 Å². The number of anilines is 1. The third kappa shape index (κ3) is 2.94. The number of rotatable bonds is 2. The van der Waals surface area contributed by atoms with Gasteiger partial charge in [-0.15, -0.1) is 0 Å². The van der Waals surface area contributed by atoms with Crippen molar-refractivity contribution in [2.75, 3.05) is 11.4 Å². The predicted molar refractivity (Wildman–Crippen MR) is 69.4 cm³/mol. The lowest BCUT2D eigenvalue weighted by molar-refractivity contribution is 0.507. The van der Waals surface area contributed by atoms with E-state index in [1.807, 2.05) is 6.20 Å². The molecule has 3 heteroatoms. The standard InChI is InChI=1S/C12H19BrN2/c1-6-15(12(3,4)5)11-10(13)7-9(2)8-14-11/h7-8H,6H2,1-5H3. The Hall–Kier alpha value is -0.570. The number of aromatic nitrogens is 1. The van der Waals surface area contributed by atoms with Crippen molar-refractivity contribution in [3.05, 3.63) is 22.3 Å². The van der Waals surface area contributed by atoms with E-state index >= 15 is 0 Å². The lowest BCUT2D eigenvalue weighted by Crippen LogP contribution is -2.42. The van der Waals surface area contributed by atoms with Crippen LogP contribution in [-0.2, 0) is 0 Å². The Morgan fingerprint density at radius 3 is 2.40 bits per heavy atom. The first-order valence-electron chi connectivity index (χ1n) is 5.26. The summed E-state index contributed by atoms with van der Waals surface area (Å²) in [6.07, 6.45) is 1.91. The van der Waals surface area contributed by atoms with Gasteiger partial charge in [0.25, 0.3) is 0 Å². The minimum atomic E-state index is 0.0968. The summed E-state index contributed by atoms with van der Waals surface area (Å²) in [5.41, 5.74) is 1.27. The molecule has 0 saturated heterocycles. The molecular weight excluding hydrogens is 252 g/mol. The first kappa shape index (κ1) is 12.5. The van der Waals surface area contributed by atoms with Crippen LogP contribution in [0.4, 0.5) is 5.82 Å². The monoisotopic (exact) mass is 270 g/mol. The smallest absolute Gasteiger partial charge is 0.143 e. The normalized spacial score (nSPS) is 11.6. The molecule has 1 heterocycles. The van der Waals surface area contributed by atoms with Gasteiger partial charge in [0.15, 0.2) is 0 Å². The van der Waals surface area contributed by atoms with Crippen LogP contribution in [0.5, 0.6) is 0 Å². The fourth-order valence-corrected chi connectivity index (χ4v) is 2.34. The molecule has 0 radical (unpaired) electrons. The third-order valence-corrected chi connectivity index (χ3v) is 2.92. The zero-order valence-electron chi connectivity index (χ0n) is 10.1. The van der Waals surface area contributed by atoms with Crippen LogP contribution in [0.3, 0.4) is 0 Å². The van der Waals surface area contributed by atoms with Gasteiger partial charge in [-0.1, -0.05) is 0 Å². The molecule has 1 aromatic heterocycles. The fraction of sp³-hybridized carbons (Fsp3) is 0.583. The molecule has 84 valence electrons. The highest BCUT2D eigenvalue weighted by Crippen LogP contribution is 2.29. The molecule has 15 heavy (non-hydrogen) atoms. The van der Waals surface area contributed by atoms with E-state index in [1.165, 1.54) is 5.56 Å². The molecule has 0 fully saturated rings. The number of pyridine rings is 1. The maximum Gasteiger partial charge on any atom is 0.143 e. The SMILES string of the molecule is CCN(c1ncc(C)cc1Br)C(C)(C)C. The third-order valence-electron chi connectivity index (χ3n) is 2.34. The van der Waals surface area contributed by atoms with Crippen molar-refractivity contribution in [1.82, 2.24) is 4.98 Å². The second-order valence-electron chi connectivity index (χ2n) is 4.73. The molecule has 2 nitrogen and oxygen atoms in total. The summed E-state index contributed by atoms with van der Waals surface area (Å²) in [7, 11) is 0. The van der Waals surface area contributed by atoms with Gasteiger partial charge in [-0.2, -0.15) is 0 Å². The molecule has 0 bridgehead atoms. The van der Waals surface area contributed by atoms with Gasteiger partial charge >= 0.3 is 0 Å². The van der Waals surface area contributed by atoms with Gasteiger partial charge < -0.3 is 4.90 Å². The van der Waals surface area contributed by atoms with Crippen LogP contribution in [0.2, 0.25) is 0 Å². The van der Waals surface area contributed by atoms with E-state index in [0.717, 1.165) is 16.8 Å². The Morgan fingerprint density at radius 2 is 2.00 bits per heavy atom. The molecule has 0 aliphatic rings. The molecule has 0 atom stereocenters. The molecular formula is C12H19BrN2. The van der Waals surface area contributed by atoms with Crippen molar-refractivity contribution in [1.29, 1.82) is 0 Å². The summed E-state index contributed by atoms with van der Waals surface area (Å²) in [5.74, 6) is 1.02. The van der Waals surface area contributed by atoms with Crippen LogP contribution >= 0.6 is 15.9 Å². The number of nitrogens with zero attached hydrogens (tertiary/aromatic N) is 2. The molecule has 0 amide bonds. The van der Waals surface area contributed by atoms with Crippen molar-refractivity contribution >= 4 is 21.7 Å². The average molecular weight is 271 g/mol. The highest BCUT2D eigenvalue weighted by atomic mass is 79.9. The second kappa shape index (κ2) is 4.52. The maximum atomic E-state index is 4.49. The molecule has 1 rings (SSSR count). The first-order chi connectivity index (χ1) is 6.86. The van der Waals surface area contributed by atoms with Gasteiger partial charge in [0, 0.05) is 18.3 Å². The van der Waals surface area contributed by atoms with E-state index in [0.29, 0.717) is 0 Å². The molecule has 0 N–H and O–H groups in total. The summed E-state index contributed by atoms with van der Waals surface area (Å²) < 4.78 is 1.07. The highest BCUT2D eigenvalue weighted by molar-refractivity contribution is 9.10. The Bertz CT molecular complexity index is 342. The topological polar surface area (TPSA) is 16.1 Å². The average Bonchev–Trinajstić information content (AvgIpc) is 2.07. The predicted octanol–water partition coefficient (Wildman–Crippen LogP) is 3.78. The fourth-order valence-electron chi connectivity index (χ4n) is 1.67. The van der Waals surface area contributed by atoms with E-state index in [2.05, 4.69) is 66.5 Å². The summed E-state index contributed by atoms with van der Waals surface area (Å²) in [6.45, 7) is 11.8. The van der Waals surface area contributed by atoms with Crippen molar-refractivity contribution in [2.24, 2.45) is 0 Å². The van der Waals surface area contributed by atoms with E-state index in [9.17, 15) is 0 Å². The molecule has 0 unspecified atom stereocenters. The summed E-state index contributed by atoms with van der Waals surface area (Å²) in [5, 5.41) is 0. The summed E-state index contributed by atoms with van der Waals surface area (Å²) in [4.78, 5) is 6.78. The van der Waals surface area contributed by atoms with Crippen LogP contribution in [-0.4, -0.2) is 17.1 Å². The molecule has 0 aliphatic carbocycles. The van der Waals surface area contributed by atoms with Gasteiger partial charge in [-0.05, 0) is 62.2 Å². The van der Waals surface area contributed by atoms with Crippen molar-refractivity contribution in [3.63, 3.8) is 0 Å². The van der Waals surface area contributed by atoms with Crippen LogP contribution in [0.1, 0.15) is 33.3 Å². The van der Waals surface area contributed by atoms with Gasteiger partial charge in [-0.3, -0.25) is 0 Å². The number of hydrogen-bond donors (Lipinski definition) is 0. The molecule has 1 aromatic rings. The first-order valence-corrected chi connectivity index (χ1v) is 6.05. The largest absolute Gasteiger partial charge is 0.351 e. The molecule has 0 aliphatic heterocycles.